The first-order valence-electron chi connectivity index (χ1n) is 9.58. The number of nitrogens with zero attached hydrogens (tertiary/aromatic N) is 1. The molecule has 1 saturated heterocycles. The molecule has 1 aromatic heterocycles. The summed E-state index contributed by atoms with van der Waals surface area (Å²) in [5.74, 6) is -0.302. The maximum atomic E-state index is 13.0. The van der Waals surface area contributed by atoms with Gasteiger partial charge in [0.25, 0.3) is 5.91 Å². The number of aliphatic hydroxyl groups excluding tert-OH is 1. The van der Waals surface area contributed by atoms with Crippen LogP contribution in [-0.2, 0) is 14.3 Å². The van der Waals surface area contributed by atoms with Crippen LogP contribution >= 0.6 is 0 Å². The van der Waals surface area contributed by atoms with E-state index in [2.05, 4.69) is 0 Å². The lowest BCUT2D eigenvalue weighted by Gasteiger charge is -2.29. The minimum absolute atomic E-state index is 0.105. The lowest BCUT2D eigenvalue weighted by Crippen LogP contribution is -2.30. The van der Waals surface area contributed by atoms with Crippen LogP contribution in [-0.4, -0.2) is 48.5 Å². The molecule has 2 aliphatic heterocycles. The SMILES string of the molecule is O=C(C1=C[C@@H](c2coc3ccccc3c2=O)C[C@@H](OCCCCO)O1)N1CC1. The highest BCUT2D eigenvalue weighted by atomic mass is 16.7. The molecule has 2 atom stereocenters. The molecule has 0 spiro atoms. The number of hydrogen-bond donors (Lipinski definition) is 1. The number of unbranched alkanes of at least 4 members (excludes halogenated alkanes) is 1. The summed E-state index contributed by atoms with van der Waals surface area (Å²) < 4.78 is 17.2. The van der Waals surface area contributed by atoms with Crippen LogP contribution in [0.5, 0.6) is 0 Å². The van der Waals surface area contributed by atoms with Crippen molar-refractivity contribution in [3.63, 3.8) is 0 Å². The van der Waals surface area contributed by atoms with E-state index in [1.165, 1.54) is 6.26 Å². The number of aliphatic hydroxyl groups is 1. The van der Waals surface area contributed by atoms with Crippen LogP contribution in [0.15, 0.2) is 51.6 Å². The van der Waals surface area contributed by atoms with E-state index < -0.39 is 6.29 Å². The average Bonchev–Trinajstić information content (AvgIpc) is 3.56. The summed E-state index contributed by atoms with van der Waals surface area (Å²) in [5.41, 5.74) is 0.911. The van der Waals surface area contributed by atoms with Gasteiger partial charge in [-0.25, -0.2) is 0 Å². The lowest BCUT2D eigenvalue weighted by molar-refractivity contribution is -0.149. The largest absolute Gasteiger partial charge is 0.464 e. The van der Waals surface area contributed by atoms with E-state index >= 15 is 0 Å². The standard InChI is InChI=1S/C21H23NO6/c23-9-3-4-10-26-19-12-14(11-18(28-19)21(25)22-7-8-22)16-13-27-17-6-2-1-5-15(17)20(16)24/h1-2,5-6,11,13-14,19,23H,3-4,7-10,12H2/t14-,19+/m1/s1. The Morgan fingerprint density at radius 2 is 2.07 bits per heavy atom. The van der Waals surface area contributed by atoms with Gasteiger partial charge in [0.2, 0.25) is 6.29 Å². The Kier molecular flexibility index (Phi) is 5.45. The number of fused-ring (bicyclic) bond motifs is 1. The fourth-order valence-electron chi connectivity index (χ4n) is 3.31. The summed E-state index contributed by atoms with van der Waals surface area (Å²) in [6.45, 7) is 1.94. The highest BCUT2D eigenvalue weighted by molar-refractivity contribution is 5.93. The quantitative estimate of drug-likeness (QED) is 0.580. The van der Waals surface area contributed by atoms with Crippen LogP contribution in [0.2, 0.25) is 0 Å². The zero-order valence-electron chi connectivity index (χ0n) is 15.5. The molecule has 2 aliphatic rings. The second-order valence-corrected chi connectivity index (χ2v) is 7.03. The number of carbonyl (C=O) groups excluding carboxylic acids is 1. The lowest BCUT2D eigenvalue weighted by atomic mass is 9.93. The first kappa shape index (κ1) is 18.7. The number of ether oxygens (including phenoxy) is 2. The van der Waals surface area contributed by atoms with Crippen molar-refractivity contribution in [2.75, 3.05) is 26.3 Å². The van der Waals surface area contributed by atoms with Gasteiger partial charge in [-0.05, 0) is 31.1 Å². The molecule has 1 N–H and O–H groups in total. The normalized spacial score (nSPS) is 21.3. The van der Waals surface area contributed by atoms with Gasteiger partial charge in [0.1, 0.15) is 5.58 Å². The van der Waals surface area contributed by atoms with E-state index in [9.17, 15) is 9.59 Å². The second kappa shape index (κ2) is 8.16. The van der Waals surface area contributed by atoms with Gasteiger partial charge < -0.3 is 23.9 Å². The molecule has 0 aliphatic carbocycles. The van der Waals surface area contributed by atoms with Gasteiger partial charge in [-0.3, -0.25) is 9.59 Å². The average molecular weight is 385 g/mol. The molecule has 4 rings (SSSR count). The molecule has 1 fully saturated rings. The summed E-state index contributed by atoms with van der Waals surface area (Å²) in [7, 11) is 0. The Hall–Kier alpha value is -2.64. The van der Waals surface area contributed by atoms with Gasteiger partial charge in [0.15, 0.2) is 11.2 Å². The van der Waals surface area contributed by atoms with Crippen molar-refractivity contribution in [1.29, 1.82) is 0 Å². The van der Waals surface area contributed by atoms with Gasteiger partial charge in [-0.1, -0.05) is 12.1 Å². The Labute approximate surface area is 162 Å². The van der Waals surface area contributed by atoms with Crippen molar-refractivity contribution in [2.24, 2.45) is 0 Å². The third-order valence-corrected chi connectivity index (χ3v) is 4.96. The summed E-state index contributed by atoms with van der Waals surface area (Å²) in [6.07, 6.45) is 4.30. The van der Waals surface area contributed by atoms with Gasteiger partial charge in [-0.15, -0.1) is 0 Å². The third kappa shape index (κ3) is 3.95. The van der Waals surface area contributed by atoms with E-state index in [4.69, 9.17) is 19.0 Å². The highest BCUT2D eigenvalue weighted by Gasteiger charge is 2.35. The Bertz CT molecular complexity index is 945. The molecule has 28 heavy (non-hydrogen) atoms. The van der Waals surface area contributed by atoms with Gasteiger partial charge in [-0.2, -0.15) is 0 Å². The predicted molar refractivity (Wildman–Crippen MR) is 102 cm³/mol. The van der Waals surface area contributed by atoms with Crippen molar-refractivity contribution in [3.05, 3.63) is 58.2 Å². The van der Waals surface area contributed by atoms with E-state index in [0.717, 1.165) is 0 Å². The van der Waals surface area contributed by atoms with Crippen molar-refractivity contribution >= 4 is 16.9 Å². The summed E-state index contributed by atoms with van der Waals surface area (Å²) in [4.78, 5) is 27.1. The molecule has 3 heterocycles. The van der Waals surface area contributed by atoms with E-state index in [-0.39, 0.29) is 29.6 Å². The molecule has 2 aromatic rings. The smallest absolute Gasteiger partial charge is 0.288 e. The second-order valence-electron chi connectivity index (χ2n) is 7.03. The molecule has 148 valence electrons. The van der Waals surface area contributed by atoms with Gasteiger partial charge >= 0.3 is 0 Å². The molecule has 0 saturated carbocycles. The highest BCUT2D eigenvalue weighted by Crippen LogP contribution is 2.32. The fourth-order valence-corrected chi connectivity index (χ4v) is 3.31. The van der Waals surface area contributed by atoms with Gasteiger partial charge in [0, 0.05) is 37.6 Å². The topological polar surface area (TPSA) is 89.0 Å². The summed E-state index contributed by atoms with van der Waals surface area (Å²) in [6, 6.07) is 7.10. The molecule has 0 radical (unpaired) electrons. The minimum Gasteiger partial charge on any atom is -0.464 e. The molecule has 1 aromatic carbocycles. The number of para-hydroxylation sites is 1. The number of allylic oxidation sites excluding steroid dienone is 1. The first-order chi connectivity index (χ1) is 13.7. The van der Waals surface area contributed by atoms with Crippen LogP contribution < -0.4 is 5.43 Å². The zero-order valence-corrected chi connectivity index (χ0v) is 15.5. The number of benzene rings is 1. The Balaban J connectivity index is 1.62. The first-order valence-corrected chi connectivity index (χ1v) is 9.58. The van der Waals surface area contributed by atoms with Crippen molar-refractivity contribution in [2.45, 2.75) is 31.5 Å². The monoisotopic (exact) mass is 385 g/mol. The van der Waals surface area contributed by atoms with Gasteiger partial charge in [0.05, 0.1) is 18.3 Å². The number of amides is 1. The number of carbonyl (C=O) groups is 1. The summed E-state index contributed by atoms with van der Waals surface area (Å²) >= 11 is 0. The third-order valence-electron chi connectivity index (χ3n) is 4.96. The molecule has 7 heteroatoms. The van der Waals surface area contributed by atoms with Crippen LogP contribution in [0.4, 0.5) is 0 Å². The molecule has 1 amide bonds. The van der Waals surface area contributed by atoms with Crippen molar-refractivity contribution in [3.8, 4) is 0 Å². The van der Waals surface area contributed by atoms with E-state index in [1.807, 2.05) is 6.07 Å². The minimum atomic E-state index is -0.626. The molecule has 7 nitrogen and oxygen atoms in total. The van der Waals surface area contributed by atoms with Crippen LogP contribution in [0.25, 0.3) is 11.0 Å². The van der Waals surface area contributed by atoms with Crippen LogP contribution in [0, 0.1) is 0 Å². The number of hydrogen-bond acceptors (Lipinski definition) is 6. The fraction of sp³-hybridized carbons (Fsp3) is 0.429. The van der Waals surface area contributed by atoms with Crippen LogP contribution in [0.1, 0.15) is 30.7 Å². The summed E-state index contributed by atoms with van der Waals surface area (Å²) in [5, 5.41) is 9.42. The van der Waals surface area contributed by atoms with Crippen LogP contribution in [0.3, 0.4) is 0 Å². The number of rotatable bonds is 7. The van der Waals surface area contributed by atoms with Crippen molar-refractivity contribution in [1.82, 2.24) is 4.90 Å². The molecular weight excluding hydrogens is 362 g/mol. The maximum absolute atomic E-state index is 13.0. The molecular formula is C21H23NO6. The molecule has 0 unspecified atom stereocenters. The Morgan fingerprint density at radius 1 is 1.25 bits per heavy atom. The molecule has 0 bridgehead atoms. The predicted octanol–water partition coefficient (Wildman–Crippen LogP) is 2.14. The van der Waals surface area contributed by atoms with Crippen molar-refractivity contribution < 1.29 is 23.8 Å². The zero-order chi connectivity index (χ0) is 19.5. The van der Waals surface area contributed by atoms with E-state index in [0.29, 0.717) is 55.5 Å². The van der Waals surface area contributed by atoms with E-state index in [1.54, 1.807) is 29.2 Å². The Morgan fingerprint density at radius 3 is 2.86 bits per heavy atom. The maximum Gasteiger partial charge on any atom is 0.288 e.